The van der Waals surface area contributed by atoms with Gasteiger partial charge in [-0.25, -0.2) is 10.8 Å². The van der Waals surface area contributed by atoms with Crippen molar-refractivity contribution < 1.29 is 0 Å². The molecule has 0 radical (unpaired) electrons. The van der Waals surface area contributed by atoms with Crippen LogP contribution < -0.4 is 17.0 Å². The van der Waals surface area contributed by atoms with Crippen LogP contribution in [-0.4, -0.2) is 5.96 Å². The van der Waals surface area contributed by atoms with Gasteiger partial charge in [0.05, 0.1) is 5.69 Å². The van der Waals surface area contributed by atoms with E-state index < -0.39 is 0 Å². The molecule has 4 nitrogen and oxygen atoms in total. The predicted molar refractivity (Wildman–Crippen MR) is 49.8 cm³/mol. The monoisotopic (exact) mass is 164 g/mol. The molecule has 0 aliphatic rings. The summed E-state index contributed by atoms with van der Waals surface area (Å²) >= 11 is 0. The Hall–Kier alpha value is -1.55. The number of hydrazine groups is 1. The van der Waals surface area contributed by atoms with Crippen molar-refractivity contribution in [3.05, 3.63) is 29.8 Å². The zero-order valence-electron chi connectivity index (χ0n) is 6.91. The number of guanidine groups is 1. The van der Waals surface area contributed by atoms with Gasteiger partial charge in [0.2, 0.25) is 5.96 Å². The topological polar surface area (TPSA) is 76.4 Å². The molecule has 0 atom stereocenters. The fraction of sp³-hybridized carbons (Fsp3) is 0.125. The Balaban J connectivity index is 2.89. The molecule has 0 unspecified atom stereocenters. The molecule has 1 aromatic rings. The van der Waals surface area contributed by atoms with Crippen LogP contribution in [0.25, 0.3) is 0 Å². The second-order valence-corrected chi connectivity index (χ2v) is 2.48. The number of nitrogens with two attached hydrogens (primary N) is 2. The van der Waals surface area contributed by atoms with Crippen molar-refractivity contribution in [3.63, 3.8) is 0 Å². The molecule has 1 rings (SSSR count). The molecule has 0 aliphatic heterocycles. The molecule has 5 N–H and O–H groups in total. The molecular weight excluding hydrogens is 152 g/mol. The number of benzene rings is 1. The molecule has 0 aliphatic carbocycles. The second kappa shape index (κ2) is 3.73. The van der Waals surface area contributed by atoms with Crippen LogP contribution in [0.4, 0.5) is 5.69 Å². The van der Waals surface area contributed by atoms with Gasteiger partial charge in [-0.15, -0.1) is 0 Å². The lowest BCUT2D eigenvalue weighted by molar-refractivity contribution is 1.01. The zero-order chi connectivity index (χ0) is 8.97. The first-order valence-electron chi connectivity index (χ1n) is 3.60. The van der Waals surface area contributed by atoms with Gasteiger partial charge in [-0.1, -0.05) is 12.1 Å². The summed E-state index contributed by atoms with van der Waals surface area (Å²) in [4.78, 5) is 4.00. The molecule has 0 saturated carbocycles. The Morgan fingerprint density at radius 2 is 2.25 bits per heavy atom. The van der Waals surface area contributed by atoms with Crippen molar-refractivity contribution in [1.82, 2.24) is 5.43 Å². The van der Waals surface area contributed by atoms with Gasteiger partial charge in [0, 0.05) is 0 Å². The van der Waals surface area contributed by atoms with E-state index in [1.54, 1.807) is 0 Å². The van der Waals surface area contributed by atoms with Crippen molar-refractivity contribution in [2.24, 2.45) is 16.6 Å². The number of hydrogen-bond donors (Lipinski definition) is 3. The van der Waals surface area contributed by atoms with Crippen LogP contribution in [0.3, 0.4) is 0 Å². The number of nitrogens with one attached hydrogen (secondary N) is 1. The van der Waals surface area contributed by atoms with E-state index in [1.807, 2.05) is 31.2 Å². The molecule has 0 amide bonds. The van der Waals surface area contributed by atoms with Crippen molar-refractivity contribution in [2.45, 2.75) is 6.92 Å². The standard InChI is InChI=1S/C8H12N4/c1-6-3-2-4-7(5-6)11-8(9)12-10/h2-5H,10H2,1H3,(H3,9,11,12). The average molecular weight is 164 g/mol. The number of aryl methyl sites for hydroxylation is 1. The molecule has 0 fully saturated rings. The van der Waals surface area contributed by atoms with Gasteiger partial charge in [-0.3, -0.25) is 5.43 Å². The van der Waals surface area contributed by atoms with Crippen LogP contribution in [0.15, 0.2) is 29.3 Å². The minimum Gasteiger partial charge on any atom is -0.369 e. The summed E-state index contributed by atoms with van der Waals surface area (Å²) in [5.41, 5.74) is 9.57. The van der Waals surface area contributed by atoms with E-state index in [0.717, 1.165) is 11.3 Å². The first-order valence-corrected chi connectivity index (χ1v) is 3.60. The maximum atomic E-state index is 5.37. The molecule has 0 spiro atoms. The summed E-state index contributed by atoms with van der Waals surface area (Å²) in [5, 5.41) is 0. The van der Waals surface area contributed by atoms with Crippen molar-refractivity contribution in [2.75, 3.05) is 0 Å². The van der Waals surface area contributed by atoms with E-state index in [9.17, 15) is 0 Å². The van der Waals surface area contributed by atoms with Gasteiger partial charge in [-0.2, -0.15) is 0 Å². The smallest absolute Gasteiger partial charge is 0.208 e. The lowest BCUT2D eigenvalue weighted by Crippen LogP contribution is -2.36. The van der Waals surface area contributed by atoms with Gasteiger partial charge in [0.1, 0.15) is 0 Å². The summed E-state index contributed by atoms with van der Waals surface area (Å²) in [6.45, 7) is 1.99. The summed E-state index contributed by atoms with van der Waals surface area (Å²) in [5.74, 6) is 5.26. The summed E-state index contributed by atoms with van der Waals surface area (Å²) in [7, 11) is 0. The summed E-state index contributed by atoms with van der Waals surface area (Å²) in [6, 6.07) is 7.68. The third-order valence-corrected chi connectivity index (χ3v) is 1.40. The number of hydrogen-bond acceptors (Lipinski definition) is 2. The van der Waals surface area contributed by atoms with Crippen LogP contribution in [0, 0.1) is 6.92 Å². The van der Waals surface area contributed by atoms with Gasteiger partial charge < -0.3 is 5.73 Å². The highest BCUT2D eigenvalue weighted by molar-refractivity contribution is 5.80. The highest BCUT2D eigenvalue weighted by Crippen LogP contribution is 2.12. The SMILES string of the molecule is Cc1cccc(N=C(N)NN)c1. The number of nitrogens with zero attached hydrogens (tertiary/aromatic N) is 1. The third-order valence-electron chi connectivity index (χ3n) is 1.40. The van der Waals surface area contributed by atoms with Crippen molar-refractivity contribution in [1.29, 1.82) is 0 Å². The lowest BCUT2D eigenvalue weighted by Gasteiger charge is -1.98. The molecular formula is C8H12N4. The van der Waals surface area contributed by atoms with E-state index in [1.165, 1.54) is 0 Å². The normalized spacial score (nSPS) is 11.3. The molecule has 0 bridgehead atoms. The number of aliphatic imine (C=N–C) groups is 1. The highest BCUT2D eigenvalue weighted by Gasteiger charge is 1.90. The van der Waals surface area contributed by atoms with Crippen LogP contribution in [0.1, 0.15) is 5.56 Å². The molecule has 0 saturated heterocycles. The Morgan fingerprint density at radius 3 is 2.83 bits per heavy atom. The highest BCUT2D eigenvalue weighted by atomic mass is 15.3. The molecule has 0 aromatic heterocycles. The van der Waals surface area contributed by atoms with E-state index in [0.29, 0.717) is 0 Å². The first kappa shape index (κ1) is 8.55. The minimum atomic E-state index is 0.209. The molecule has 4 heteroatoms. The van der Waals surface area contributed by atoms with Crippen LogP contribution in [-0.2, 0) is 0 Å². The fourth-order valence-corrected chi connectivity index (χ4v) is 0.869. The lowest BCUT2D eigenvalue weighted by atomic mass is 10.2. The maximum absolute atomic E-state index is 5.37. The van der Waals surface area contributed by atoms with E-state index in [4.69, 9.17) is 11.6 Å². The molecule has 0 heterocycles. The summed E-state index contributed by atoms with van der Waals surface area (Å²) < 4.78 is 0. The van der Waals surface area contributed by atoms with Crippen LogP contribution in [0.5, 0.6) is 0 Å². The van der Waals surface area contributed by atoms with Gasteiger partial charge in [0.15, 0.2) is 0 Å². The fourth-order valence-electron chi connectivity index (χ4n) is 0.869. The molecule has 1 aromatic carbocycles. The van der Waals surface area contributed by atoms with Gasteiger partial charge in [-0.05, 0) is 24.6 Å². The van der Waals surface area contributed by atoms with Gasteiger partial charge in [0.25, 0.3) is 0 Å². The zero-order valence-corrected chi connectivity index (χ0v) is 6.91. The molecule has 64 valence electrons. The van der Waals surface area contributed by atoms with Crippen molar-refractivity contribution >= 4 is 11.6 Å². The largest absolute Gasteiger partial charge is 0.369 e. The maximum Gasteiger partial charge on any atom is 0.208 e. The summed E-state index contributed by atoms with van der Waals surface area (Å²) in [6.07, 6.45) is 0. The Kier molecular flexibility index (Phi) is 2.66. The van der Waals surface area contributed by atoms with E-state index >= 15 is 0 Å². The van der Waals surface area contributed by atoms with Crippen LogP contribution >= 0.6 is 0 Å². The van der Waals surface area contributed by atoms with E-state index in [-0.39, 0.29) is 5.96 Å². The molecule has 12 heavy (non-hydrogen) atoms. The van der Waals surface area contributed by atoms with Gasteiger partial charge >= 0.3 is 0 Å². The van der Waals surface area contributed by atoms with Crippen molar-refractivity contribution in [3.8, 4) is 0 Å². The third kappa shape index (κ3) is 2.25. The Labute approximate surface area is 71.3 Å². The minimum absolute atomic E-state index is 0.209. The predicted octanol–water partition coefficient (Wildman–Crippen LogP) is 0.405. The Morgan fingerprint density at radius 1 is 1.50 bits per heavy atom. The quantitative estimate of drug-likeness (QED) is 0.243. The van der Waals surface area contributed by atoms with Crippen LogP contribution in [0.2, 0.25) is 0 Å². The van der Waals surface area contributed by atoms with E-state index in [2.05, 4.69) is 10.4 Å². The number of rotatable bonds is 1. The Bertz CT molecular complexity index is 293. The second-order valence-electron chi connectivity index (χ2n) is 2.48. The first-order chi connectivity index (χ1) is 5.72. The average Bonchev–Trinajstić information content (AvgIpc) is 2.04.